The standard InChI is InChI=1S/C16H28N2O4/c1-5-12(6-2)18-9-11(8-14(18)19)15(20)17-13(16(21)22)7-10(3)4/h10-13H,5-9H2,1-4H3,(H,17,20)(H,21,22). The Morgan fingerprint density at radius 3 is 2.36 bits per heavy atom. The van der Waals surface area contributed by atoms with Gasteiger partial charge in [-0.25, -0.2) is 4.79 Å². The number of amides is 2. The zero-order valence-electron chi connectivity index (χ0n) is 14.0. The van der Waals surface area contributed by atoms with E-state index in [1.807, 2.05) is 27.7 Å². The second-order valence-electron chi connectivity index (χ2n) is 6.45. The number of carboxylic acid groups (broad SMARTS) is 1. The smallest absolute Gasteiger partial charge is 0.326 e. The number of carboxylic acids is 1. The molecule has 2 N–H and O–H groups in total. The van der Waals surface area contributed by atoms with Gasteiger partial charge in [-0.05, 0) is 25.2 Å². The SMILES string of the molecule is CCC(CC)N1CC(C(=O)NC(CC(C)C)C(=O)O)CC1=O. The van der Waals surface area contributed by atoms with Gasteiger partial charge in [0, 0.05) is 19.0 Å². The summed E-state index contributed by atoms with van der Waals surface area (Å²) < 4.78 is 0. The third-order valence-electron chi connectivity index (χ3n) is 4.23. The van der Waals surface area contributed by atoms with Crippen molar-refractivity contribution in [3.63, 3.8) is 0 Å². The molecule has 2 amide bonds. The molecule has 0 aliphatic carbocycles. The van der Waals surface area contributed by atoms with Gasteiger partial charge in [-0.2, -0.15) is 0 Å². The third kappa shape index (κ3) is 4.71. The van der Waals surface area contributed by atoms with Crippen molar-refractivity contribution < 1.29 is 19.5 Å². The molecule has 2 unspecified atom stereocenters. The van der Waals surface area contributed by atoms with E-state index in [4.69, 9.17) is 0 Å². The van der Waals surface area contributed by atoms with Crippen LogP contribution in [0.4, 0.5) is 0 Å². The summed E-state index contributed by atoms with van der Waals surface area (Å²) >= 11 is 0. The number of carbonyl (C=O) groups is 3. The minimum atomic E-state index is -1.02. The van der Waals surface area contributed by atoms with Gasteiger partial charge in [0.15, 0.2) is 0 Å². The monoisotopic (exact) mass is 312 g/mol. The molecular weight excluding hydrogens is 284 g/mol. The van der Waals surface area contributed by atoms with Crippen LogP contribution < -0.4 is 5.32 Å². The highest BCUT2D eigenvalue weighted by Crippen LogP contribution is 2.23. The van der Waals surface area contributed by atoms with E-state index in [0.29, 0.717) is 13.0 Å². The second kappa shape index (κ2) is 8.15. The molecule has 1 aliphatic heterocycles. The molecule has 0 spiro atoms. The van der Waals surface area contributed by atoms with E-state index in [1.165, 1.54) is 0 Å². The van der Waals surface area contributed by atoms with Gasteiger partial charge in [-0.1, -0.05) is 27.7 Å². The Hall–Kier alpha value is -1.59. The summed E-state index contributed by atoms with van der Waals surface area (Å²) in [6.07, 6.45) is 2.29. The quantitative estimate of drug-likeness (QED) is 0.713. The fourth-order valence-electron chi connectivity index (χ4n) is 2.97. The fraction of sp³-hybridized carbons (Fsp3) is 0.812. The molecule has 0 radical (unpaired) electrons. The number of aliphatic carboxylic acids is 1. The van der Waals surface area contributed by atoms with Crippen LogP contribution in [0, 0.1) is 11.8 Å². The summed E-state index contributed by atoms with van der Waals surface area (Å²) in [5.74, 6) is -1.63. The molecule has 126 valence electrons. The number of hydrogen-bond acceptors (Lipinski definition) is 3. The summed E-state index contributed by atoms with van der Waals surface area (Å²) in [6.45, 7) is 8.27. The number of carbonyl (C=O) groups excluding carboxylic acids is 2. The average Bonchev–Trinajstić information content (AvgIpc) is 2.81. The van der Waals surface area contributed by atoms with Crippen molar-refractivity contribution in [2.45, 2.75) is 65.5 Å². The first-order valence-corrected chi connectivity index (χ1v) is 8.12. The van der Waals surface area contributed by atoms with Crippen LogP contribution in [0.1, 0.15) is 53.4 Å². The van der Waals surface area contributed by atoms with Gasteiger partial charge in [0.1, 0.15) is 6.04 Å². The zero-order valence-corrected chi connectivity index (χ0v) is 14.0. The molecule has 1 aliphatic rings. The van der Waals surface area contributed by atoms with Gasteiger partial charge < -0.3 is 15.3 Å². The van der Waals surface area contributed by atoms with E-state index in [-0.39, 0.29) is 30.2 Å². The summed E-state index contributed by atoms with van der Waals surface area (Å²) in [7, 11) is 0. The molecule has 0 aromatic carbocycles. The molecule has 2 atom stereocenters. The fourth-order valence-corrected chi connectivity index (χ4v) is 2.97. The van der Waals surface area contributed by atoms with Crippen molar-refractivity contribution in [2.75, 3.05) is 6.54 Å². The average molecular weight is 312 g/mol. The van der Waals surface area contributed by atoms with Crippen molar-refractivity contribution in [1.29, 1.82) is 0 Å². The Labute approximate surface area is 132 Å². The summed E-state index contributed by atoms with van der Waals surface area (Å²) in [6, 6.07) is -0.721. The van der Waals surface area contributed by atoms with Crippen molar-refractivity contribution in [3.8, 4) is 0 Å². The maximum absolute atomic E-state index is 12.3. The highest BCUT2D eigenvalue weighted by molar-refractivity contribution is 5.91. The molecule has 0 bridgehead atoms. The topological polar surface area (TPSA) is 86.7 Å². The van der Waals surface area contributed by atoms with E-state index < -0.39 is 17.9 Å². The lowest BCUT2D eigenvalue weighted by Gasteiger charge is -2.26. The number of hydrogen-bond donors (Lipinski definition) is 2. The van der Waals surface area contributed by atoms with E-state index in [9.17, 15) is 19.5 Å². The van der Waals surface area contributed by atoms with Crippen LogP contribution in [0.5, 0.6) is 0 Å². The van der Waals surface area contributed by atoms with Gasteiger partial charge in [0.25, 0.3) is 0 Å². The number of nitrogens with one attached hydrogen (secondary N) is 1. The Balaban J connectivity index is 2.66. The lowest BCUT2D eigenvalue weighted by atomic mass is 10.0. The molecule has 1 heterocycles. The molecular formula is C16H28N2O4. The summed E-state index contributed by atoms with van der Waals surface area (Å²) in [5.41, 5.74) is 0. The summed E-state index contributed by atoms with van der Waals surface area (Å²) in [4.78, 5) is 37.3. The van der Waals surface area contributed by atoms with E-state index >= 15 is 0 Å². The molecule has 6 nitrogen and oxygen atoms in total. The van der Waals surface area contributed by atoms with Gasteiger partial charge in [-0.15, -0.1) is 0 Å². The van der Waals surface area contributed by atoms with Gasteiger partial charge in [-0.3, -0.25) is 9.59 Å². The molecule has 1 rings (SSSR count). The van der Waals surface area contributed by atoms with Crippen molar-refractivity contribution >= 4 is 17.8 Å². The summed E-state index contributed by atoms with van der Waals surface area (Å²) in [5, 5.41) is 11.8. The Morgan fingerprint density at radius 1 is 1.32 bits per heavy atom. The molecule has 1 saturated heterocycles. The highest BCUT2D eigenvalue weighted by Gasteiger charge is 2.38. The minimum Gasteiger partial charge on any atom is -0.480 e. The van der Waals surface area contributed by atoms with E-state index in [2.05, 4.69) is 5.32 Å². The van der Waals surface area contributed by atoms with Crippen LogP contribution in [0.2, 0.25) is 0 Å². The number of likely N-dealkylation sites (tertiary alicyclic amines) is 1. The Bertz CT molecular complexity index is 418. The predicted molar refractivity (Wildman–Crippen MR) is 83.2 cm³/mol. The normalized spacial score (nSPS) is 19.8. The van der Waals surface area contributed by atoms with Crippen molar-refractivity contribution in [2.24, 2.45) is 11.8 Å². The Morgan fingerprint density at radius 2 is 1.91 bits per heavy atom. The van der Waals surface area contributed by atoms with Crippen molar-refractivity contribution in [3.05, 3.63) is 0 Å². The third-order valence-corrected chi connectivity index (χ3v) is 4.23. The highest BCUT2D eigenvalue weighted by atomic mass is 16.4. The van der Waals surface area contributed by atoms with Crippen LogP contribution in [0.25, 0.3) is 0 Å². The predicted octanol–water partition coefficient (Wildman–Crippen LogP) is 1.64. The maximum atomic E-state index is 12.3. The Kier molecular flexibility index (Phi) is 6.84. The molecule has 0 saturated carbocycles. The van der Waals surface area contributed by atoms with Gasteiger partial charge in [0.2, 0.25) is 11.8 Å². The lowest BCUT2D eigenvalue weighted by Crippen LogP contribution is -2.45. The van der Waals surface area contributed by atoms with Crippen LogP contribution in [0.3, 0.4) is 0 Å². The number of nitrogens with zero attached hydrogens (tertiary/aromatic N) is 1. The molecule has 0 aromatic rings. The van der Waals surface area contributed by atoms with E-state index in [0.717, 1.165) is 12.8 Å². The second-order valence-corrected chi connectivity index (χ2v) is 6.45. The van der Waals surface area contributed by atoms with Crippen LogP contribution in [-0.2, 0) is 14.4 Å². The zero-order chi connectivity index (χ0) is 16.9. The first-order chi connectivity index (χ1) is 10.3. The number of rotatable bonds is 8. The first-order valence-electron chi connectivity index (χ1n) is 8.12. The lowest BCUT2D eigenvalue weighted by molar-refractivity contribution is -0.142. The van der Waals surface area contributed by atoms with Crippen LogP contribution in [0.15, 0.2) is 0 Å². The minimum absolute atomic E-state index is 0.00964. The first kappa shape index (κ1) is 18.5. The molecule has 22 heavy (non-hydrogen) atoms. The van der Waals surface area contributed by atoms with Crippen molar-refractivity contribution in [1.82, 2.24) is 10.2 Å². The molecule has 1 fully saturated rings. The largest absolute Gasteiger partial charge is 0.480 e. The van der Waals surface area contributed by atoms with Crippen LogP contribution >= 0.6 is 0 Å². The molecule has 0 aromatic heterocycles. The van der Waals surface area contributed by atoms with Crippen LogP contribution in [-0.4, -0.2) is 46.4 Å². The maximum Gasteiger partial charge on any atom is 0.326 e. The van der Waals surface area contributed by atoms with Gasteiger partial charge >= 0.3 is 5.97 Å². The van der Waals surface area contributed by atoms with E-state index in [1.54, 1.807) is 4.90 Å². The van der Waals surface area contributed by atoms with Gasteiger partial charge in [0.05, 0.1) is 5.92 Å². The molecule has 6 heteroatoms.